The highest BCUT2D eigenvalue weighted by molar-refractivity contribution is 7.99. The van der Waals surface area contributed by atoms with Crippen LogP contribution in [0.2, 0.25) is 5.15 Å². The molecule has 0 radical (unpaired) electrons. The molecule has 1 N–H and O–H groups in total. The molecular formula is C9H6ClF3N4S. The first-order chi connectivity index (χ1) is 8.34. The van der Waals surface area contributed by atoms with Crippen LogP contribution in [0.4, 0.5) is 13.2 Å². The third-order valence-corrected chi connectivity index (χ3v) is 2.85. The minimum atomic E-state index is -4.46. The van der Waals surface area contributed by atoms with Gasteiger partial charge in [0.1, 0.15) is 16.0 Å². The Labute approximate surface area is 109 Å². The van der Waals surface area contributed by atoms with E-state index in [1.807, 2.05) is 0 Å². The molecule has 2 aromatic heterocycles. The van der Waals surface area contributed by atoms with Crippen LogP contribution in [0, 0.1) is 6.92 Å². The second-order valence-corrected chi connectivity index (χ2v) is 4.69. The van der Waals surface area contributed by atoms with Crippen LogP contribution in [-0.2, 0) is 6.18 Å². The van der Waals surface area contributed by atoms with Crippen LogP contribution in [0.25, 0.3) is 0 Å². The van der Waals surface area contributed by atoms with Crippen molar-refractivity contribution >= 4 is 23.4 Å². The molecule has 18 heavy (non-hydrogen) atoms. The largest absolute Gasteiger partial charge is 0.416 e. The van der Waals surface area contributed by atoms with E-state index in [2.05, 4.69) is 20.2 Å². The number of alkyl halides is 3. The molecule has 2 heterocycles. The van der Waals surface area contributed by atoms with Gasteiger partial charge in [-0.2, -0.15) is 13.2 Å². The van der Waals surface area contributed by atoms with Crippen LogP contribution < -0.4 is 0 Å². The molecule has 0 saturated carbocycles. The molecule has 0 atom stereocenters. The molecule has 2 rings (SSSR count). The van der Waals surface area contributed by atoms with E-state index in [1.54, 1.807) is 6.92 Å². The number of H-pyrrole nitrogens is 1. The van der Waals surface area contributed by atoms with Gasteiger partial charge >= 0.3 is 6.18 Å². The van der Waals surface area contributed by atoms with Crippen LogP contribution in [0.5, 0.6) is 0 Å². The molecule has 0 aliphatic rings. The fraction of sp³-hybridized carbons (Fsp3) is 0.222. The van der Waals surface area contributed by atoms with Crippen LogP contribution >= 0.6 is 23.4 Å². The molecule has 0 bridgehead atoms. The van der Waals surface area contributed by atoms with E-state index in [1.165, 1.54) is 0 Å². The highest BCUT2D eigenvalue weighted by Gasteiger charge is 2.31. The van der Waals surface area contributed by atoms with Crippen molar-refractivity contribution in [2.24, 2.45) is 0 Å². The summed E-state index contributed by atoms with van der Waals surface area (Å²) in [6, 6.07) is 1.68. The zero-order valence-electron chi connectivity index (χ0n) is 8.92. The van der Waals surface area contributed by atoms with E-state index in [4.69, 9.17) is 11.6 Å². The van der Waals surface area contributed by atoms with E-state index in [0.717, 1.165) is 23.9 Å². The molecule has 9 heteroatoms. The lowest BCUT2D eigenvalue weighted by molar-refractivity contribution is -0.137. The summed E-state index contributed by atoms with van der Waals surface area (Å²) in [6.45, 7) is 1.68. The number of hydrogen-bond acceptors (Lipinski definition) is 4. The number of aryl methyl sites for hydroxylation is 1. The van der Waals surface area contributed by atoms with Crippen molar-refractivity contribution in [3.63, 3.8) is 0 Å². The van der Waals surface area contributed by atoms with Crippen molar-refractivity contribution in [2.75, 3.05) is 0 Å². The predicted molar refractivity (Wildman–Crippen MR) is 59.5 cm³/mol. The topological polar surface area (TPSA) is 54.5 Å². The third-order valence-electron chi connectivity index (χ3n) is 1.87. The zero-order valence-corrected chi connectivity index (χ0v) is 10.5. The minimum Gasteiger partial charge on any atom is -0.262 e. The Balaban J connectivity index is 2.31. The number of nitrogens with zero attached hydrogens (tertiary/aromatic N) is 3. The maximum atomic E-state index is 12.6. The van der Waals surface area contributed by atoms with Gasteiger partial charge in [-0.1, -0.05) is 11.6 Å². The monoisotopic (exact) mass is 294 g/mol. The number of hydrogen-bond donors (Lipinski definition) is 1. The average molecular weight is 295 g/mol. The van der Waals surface area contributed by atoms with E-state index in [9.17, 15) is 13.2 Å². The van der Waals surface area contributed by atoms with Crippen LogP contribution in [0.3, 0.4) is 0 Å². The zero-order chi connectivity index (χ0) is 13.3. The van der Waals surface area contributed by atoms with Crippen LogP contribution in [0.1, 0.15) is 11.4 Å². The first-order valence-electron chi connectivity index (χ1n) is 4.66. The molecule has 0 aromatic carbocycles. The summed E-state index contributed by atoms with van der Waals surface area (Å²) >= 11 is 6.46. The second-order valence-electron chi connectivity index (χ2n) is 3.32. The lowest BCUT2D eigenvalue weighted by Crippen LogP contribution is -2.05. The molecule has 0 saturated heterocycles. The van der Waals surface area contributed by atoms with Gasteiger partial charge in [-0.05, 0) is 30.8 Å². The van der Waals surface area contributed by atoms with Gasteiger partial charge in [0.2, 0.25) is 5.16 Å². The summed E-state index contributed by atoms with van der Waals surface area (Å²) in [6.07, 6.45) is -4.46. The molecule has 96 valence electrons. The third kappa shape index (κ3) is 3.14. The maximum absolute atomic E-state index is 12.6. The molecular weight excluding hydrogens is 289 g/mol. The average Bonchev–Trinajstić information content (AvgIpc) is 2.61. The predicted octanol–water partition coefficient (Wildman–Crippen LogP) is 3.33. The Morgan fingerprint density at radius 3 is 2.56 bits per heavy atom. The van der Waals surface area contributed by atoms with Crippen molar-refractivity contribution in [3.05, 3.63) is 28.7 Å². The van der Waals surface area contributed by atoms with E-state index < -0.39 is 11.7 Å². The van der Waals surface area contributed by atoms with Gasteiger partial charge in [0, 0.05) is 0 Å². The van der Waals surface area contributed by atoms with Crippen molar-refractivity contribution in [2.45, 2.75) is 23.3 Å². The SMILES string of the molecule is Cc1nc(Sc2cc(C(F)(F)F)cc(Cl)n2)n[nH]1. The Morgan fingerprint density at radius 1 is 1.28 bits per heavy atom. The van der Waals surface area contributed by atoms with E-state index in [-0.39, 0.29) is 15.3 Å². The van der Waals surface area contributed by atoms with Crippen LogP contribution in [0.15, 0.2) is 22.3 Å². The van der Waals surface area contributed by atoms with Gasteiger partial charge in [0.15, 0.2) is 0 Å². The molecule has 0 unspecified atom stereocenters. The standard InChI is InChI=1S/C9H6ClF3N4S/c1-4-14-8(17-16-4)18-7-3-5(9(11,12)13)2-6(10)15-7/h2-3H,1H3,(H,14,16,17). The molecule has 4 nitrogen and oxygen atoms in total. The number of aromatic nitrogens is 4. The summed E-state index contributed by atoms with van der Waals surface area (Å²) in [5, 5.41) is 6.53. The van der Waals surface area contributed by atoms with E-state index >= 15 is 0 Å². The summed E-state index contributed by atoms with van der Waals surface area (Å²) in [5.41, 5.74) is -0.850. The molecule has 0 aliphatic heterocycles. The van der Waals surface area contributed by atoms with Crippen molar-refractivity contribution in [1.29, 1.82) is 0 Å². The fourth-order valence-electron chi connectivity index (χ4n) is 1.15. The molecule has 2 aromatic rings. The van der Waals surface area contributed by atoms with Gasteiger partial charge in [-0.25, -0.2) is 9.97 Å². The first kappa shape index (κ1) is 13.2. The van der Waals surface area contributed by atoms with Gasteiger partial charge in [-0.15, -0.1) is 5.10 Å². The maximum Gasteiger partial charge on any atom is 0.416 e. The van der Waals surface area contributed by atoms with Gasteiger partial charge in [0.05, 0.1) is 5.56 Å². The number of rotatable bonds is 2. The smallest absolute Gasteiger partial charge is 0.262 e. The summed E-state index contributed by atoms with van der Waals surface area (Å²) in [4.78, 5) is 7.75. The normalized spacial score (nSPS) is 11.8. The molecule has 0 fully saturated rings. The van der Waals surface area contributed by atoms with Crippen molar-refractivity contribution < 1.29 is 13.2 Å². The lowest BCUT2D eigenvalue weighted by Gasteiger charge is -2.07. The van der Waals surface area contributed by atoms with Gasteiger partial charge < -0.3 is 0 Å². The van der Waals surface area contributed by atoms with E-state index in [0.29, 0.717) is 5.82 Å². The summed E-state index contributed by atoms with van der Waals surface area (Å²) in [5.74, 6) is 0.565. The second kappa shape index (κ2) is 4.77. The van der Waals surface area contributed by atoms with Crippen LogP contribution in [-0.4, -0.2) is 20.2 Å². The number of halogens is 4. The first-order valence-corrected chi connectivity index (χ1v) is 5.85. The summed E-state index contributed by atoms with van der Waals surface area (Å²) < 4.78 is 37.7. The van der Waals surface area contributed by atoms with Crippen molar-refractivity contribution in [1.82, 2.24) is 20.2 Å². The molecule has 0 spiro atoms. The molecule has 0 amide bonds. The Hall–Kier alpha value is -1.28. The van der Waals surface area contributed by atoms with Gasteiger partial charge in [-0.3, -0.25) is 5.10 Å². The summed E-state index contributed by atoms with van der Waals surface area (Å²) in [7, 11) is 0. The minimum absolute atomic E-state index is 0.0915. The highest BCUT2D eigenvalue weighted by Crippen LogP contribution is 2.34. The Kier molecular flexibility index (Phi) is 3.49. The number of nitrogens with one attached hydrogen (secondary N) is 1. The Bertz CT molecular complexity index is 569. The number of aromatic amines is 1. The Morgan fingerprint density at radius 2 is 2.00 bits per heavy atom. The van der Waals surface area contributed by atoms with Crippen molar-refractivity contribution in [3.8, 4) is 0 Å². The lowest BCUT2D eigenvalue weighted by atomic mass is 10.3. The quantitative estimate of drug-likeness (QED) is 0.863. The fourth-order valence-corrected chi connectivity index (χ4v) is 2.20. The van der Waals surface area contributed by atoms with Gasteiger partial charge in [0.25, 0.3) is 0 Å². The highest BCUT2D eigenvalue weighted by atomic mass is 35.5. The molecule has 0 aliphatic carbocycles. The number of pyridine rings is 1.